The Hall–Kier alpha value is -3.25. The highest BCUT2D eigenvalue weighted by Gasteiger charge is 2.47. The van der Waals surface area contributed by atoms with Crippen LogP contribution in [0.25, 0.3) is 0 Å². The van der Waals surface area contributed by atoms with Crippen LogP contribution in [0, 0.1) is 0 Å². The Morgan fingerprint density at radius 3 is 0.719 bits per heavy atom. The summed E-state index contributed by atoms with van der Waals surface area (Å²) in [6.07, 6.45) is 0. The Kier molecular flexibility index (Phi) is 7.46. The molecule has 32 heavy (non-hydrogen) atoms. The number of hydrogen-bond acceptors (Lipinski definition) is 1. The van der Waals surface area contributed by atoms with Crippen molar-refractivity contribution in [2.75, 3.05) is 0 Å². The Morgan fingerprint density at radius 1 is 0.312 bits per heavy atom. The summed E-state index contributed by atoms with van der Waals surface area (Å²) < 4.78 is 0. The van der Waals surface area contributed by atoms with Crippen molar-refractivity contribution < 1.29 is 0 Å². The minimum Gasteiger partial charge on any atom is -0.780 e. The van der Waals surface area contributed by atoms with E-state index in [9.17, 15) is 0 Å². The van der Waals surface area contributed by atoms with Crippen LogP contribution in [0.4, 0.5) is 0 Å². The molecule has 0 heterocycles. The summed E-state index contributed by atoms with van der Waals surface area (Å²) in [5.74, 6) is 0. The third-order valence-corrected chi connectivity index (χ3v) is 9.88. The fourth-order valence-corrected chi connectivity index (χ4v) is 8.34. The van der Waals surface area contributed by atoms with Crippen LogP contribution in [-0.4, -0.2) is 0 Å². The molecule has 0 atom stereocenters. The van der Waals surface area contributed by atoms with Crippen LogP contribution in [0.3, 0.4) is 0 Å². The van der Waals surface area contributed by atoms with Gasteiger partial charge in [0.2, 0.25) is 0 Å². The molecule has 0 saturated carbocycles. The summed E-state index contributed by atoms with van der Waals surface area (Å²) in [6.45, 7) is 0. The summed E-state index contributed by atoms with van der Waals surface area (Å²) in [4.78, 5) is 0.905. The van der Waals surface area contributed by atoms with Crippen molar-refractivity contribution in [1.29, 1.82) is 0 Å². The molecule has 5 aromatic carbocycles. The standard InChI is InChI=1S/C24H20P.C6H6S/c1-5-13-21(14-6-1)25(22-15-7-2-8-16-22,23-17-9-3-10-18-23)24-19-11-4-12-20-24;7-6-4-2-1-3-5-6/h1-20H;1-5,7H/q+1;/p-1. The van der Waals surface area contributed by atoms with Crippen molar-refractivity contribution in [3.63, 3.8) is 0 Å². The molecule has 0 bridgehead atoms. The highest BCUT2D eigenvalue weighted by Crippen LogP contribution is 2.53. The van der Waals surface area contributed by atoms with E-state index in [2.05, 4.69) is 121 Å². The van der Waals surface area contributed by atoms with Crippen molar-refractivity contribution in [2.45, 2.75) is 4.90 Å². The van der Waals surface area contributed by atoms with E-state index in [4.69, 9.17) is 12.6 Å². The summed E-state index contributed by atoms with van der Waals surface area (Å²) in [7, 11) is -1.91. The lowest BCUT2D eigenvalue weighted by atomic mass is 10.3. The van der Waals surface area contributed by atoms with Gasteiger partial charge in [-0.15, -0.1) is 0 Å². The predicted octanol–water partition coefficient (Wildman–Crippen LogP) is 5.90. The zero-order valence-corrected chi connectivity index (χ0v) is 19.5. The average Bonchev–Trinajstić information content (AvgIpc) is 2.88. The van der Waals surface area contributed by atoms with Crippen LogP contribution in [0.2, 0.25) is 0 Å². The molecule has 0 aromatic heterocycles. The van der Waals surface area contributed by atoms with Gasteiger partial charge < -0.3 is 12.6 Å². The van der Waals surface area contributed by atoms with E-state index in [1.807, 2.05) is 30.3 Å². The van der Waals surface area contributed by atoms with Gasteiger partial charge in [0.05, 0.1) is 0 Å². The quantitative estimate of drug-likeness (QED) is 0.244. The summed E-state index contributed by atoms with van der Waals surface area (Å²) >= 11 is 4.81. The lowest BCUT2D eigenvalue weighted by Gasteiger charge is -2.27. The van der Waals surface area contributed by atoms with E-state index < -0.39 is 7.26 Å². The first-order valence-corrected chi connectivity index (χ1v) is 12.8. The maximum Gasteiger partial charge on any atom is 0.144 e. The second-order valence-corrected chi connectivity index (χ2v) is 11.2. The van der Waals surface area contributed by atoms with Crippen LogP contribution >= 0.6 is 7.26 Å². The van der Waals surface area contributed by atoms with Gasteiger partial charge >= 0.3 is 0 Å². The first-order valence-electron chi connectivity index (χ1n) is 10.7. The zero-order chi connectivity index (χ0) is 22.1. The van der Waals surface area contributed by atoms with E-state index in [1.54, 1.807) is 0 Å². The molecule has 0 N–H and O–H groups in total. The van der Waals surface area contributed by atoms with E-state index in [0.29, 0.717) is 0 Å². The topological polar surface area (TPSA) is 0 Å². The highest BCUT2D eigenvalue weighted by atomic mass is 32.1. The van der Waals surface area contributed by atoms with Gasteiger partial charge in [-0.2, -0.15) is 4.90 Å². The lowest BCUT2D eigenvalue weighted by molar-refractivity contribution is 1.48. The van der Waals surface area contributed by atoms with E-state index in [-0.39, 0.29) is 0 Å². The molecular formula is C30H25PS. The van der Waals surface area contributed by atoms with Gasteiger partial charge in [0, 0.05) is 0 Å². The van der Waals surface area contributed by atoms with E-state index in [0.717, 1.165) is 4.90 Å². The van der Waals surface area contributed by atoms with Crippen molar-refractivity contribution >= 4 is 41.1 Å². The molecule has 0 amide bonds. The van der Waals surface area contributed by atoms with Crippen LogP contribution in [-0.2, 0) is 12.6 Å². The lowest BCUT2D eigenvalue weighted by Crippen LogP contribution is -2.38. The normalized spacial score (nSPS) is 10.6. The second kappa shape index (κ2) is 10.9. The Balaban J connectivity index is 0.000000300. The highest BCUT2D eigenvalue weighted by molar-refractivity contribution is 8.01. The van der Waals surface area contributed by atoms with Gasteiger partial charge in [0.25, 0.3) is 0 Å². The minimum atomic E-state index is -1.91. The number of hydrogen-bond donors (Lipinski definition) is 0. The fourth-order valence-electron chi connectivity index (χ4n) is 3.92. The molecule has 156 valence electrons. The molecule has 0 aliphatic heterocycles. The van der Waals surface area contributed by atoms with Gasteiger partial charge in [-0.1, -0.05) is 103 Å². The van der Waals surface area contributed by atoms with E-state index >= 15 is 0 Å². The first-order chi connectivity index (χ1) is 15.8. The molecule has 0 fully saturated rings. The van der Waals surface area contributed by atoms with E-state index in [1.165, 1.54) is 21.2 Å². The van der Waals surface area contributed by atoms with Crippen molar-refractivity contribution in [3.8, 4) is 0 Å². The Morgan fingerprint density at radius 2 is 0.531 bits per heavy atom. The molecular weight excluding hydrogens is 423 g/mol. The molecule has 2 heteroatoms. The van der Waals surface area contributed by atoms with Gasteiger partial charge in [-0.25, -0.2) is 0 Å². The third-order valence-electron chi connectivity index (χ3n) is 5.32. The molecule has 0 radical (unpaired) electrons. The monoisotopic (exact) mass is 448 g/mol. The molecule has 5 aromatic rings. The van der Waals surface area contributed by atoms with Gasteiger partial charge in [-0.05, 0) is 48.5 Å². The van der Waals surface area contributed by atoms with Crippen molar-refractivity contribution in [2.24, 2.45) is 0 Å². The molecule has 5 rings (SSSR count). The van der Waals surface area contributed by atoms with Crippen LogP contribution in [0.15, 0.2) is 157 Å². The van der Waals surface area contributed by atoms with Gasteiger partial charge in [0.1, 0.15) is 28.5 Å². The maximum atomic E-state index is 4.81. The number of rotatable bonds is 4. The summed E-state index contributed by atoms with van der Waals surface area (Å²) in [6, 6.07) is 53.4. The van der Waals surface area contributed by atoms with Crippen LogP contribution in [0.5, 0.6) is 0 Å². The predicted molar refractivity (Wildman–Crippen MR) is 143 cm³/mol. The van der Waals surface area contributed by atoms with Gasteiger partial charge in [-0.3, -0.25) is 0 Å². The smallest absolute Gasteiger partial charge is 0.144 e. The van der Waals surface area contributed by atoms with Crippen LogP contribution < -0.4 is 21.2 Å². The molecule has 0 aliphatic carbocycles. The third kappa shape index (κ3) is 4.81. The summed E-state index contributed by atoms with van der Waals surface area (Å²) in [5, 5.41) is 5.55. The van der Waals surface area contributed by atoms with Crippen LogP contribution in [0.1, 0.15) is 0 Å². The average molecular weight is 449 g/mol. The molecule has 0 saturated heterocycles. The molecule has 0 spiro atoms. The fraction of sp³-hybridized carbons (Fsp3) is 0. The molecule has 0 nitrogen and oxygen atoms in total. The maximum absolute atomic E-state index is 4.81. The Labute approximate surface area is 197 Å². The zero-order valence-electron chi connectivity index (χ0n) is 17.8. The molecule has 0 unspecified atom stereocenters. The Bertz CT molecular complexity index is 1030. The SMILES string of the molecule is [S-]c1ccccc1.c1ccc([P+](c2ccccc2)(c2ccccc2)c2ccccc2)cc1. The largest absolute Gasteiger partial charge is 0.780 e. The second-order valence-electron chi connectivity index (χ2n) is 7.33. The minimum absolute atomic E-state index is 0.905. The molecule has 0 aliphatic rings. The summed E-state index contributed by atoms with van der Waals surface area (Å²) in [5.41, 5.74) is 0. The van der Waals surface area contributed by atoms with Gasteiger partial charge in [0.15, 0.2) is 0 Å². The van der Waals surface area contributed by atoms with Crippen molar-refractivity contribution in [1.82, 2.24) is 0 Å². The first kappa shape index (κ1) is 22.0. The van der Waals surface area contributed by atoms with Crippen molar-refractivity contribution in [3.05, 3.63) is 152 Å². The number of benzene rings is 5.